The zero-order valence-corrected chi connectivity index (χ0v) is 14.2. The fraction of sp³-hybridized carbons (Fsp3) is 0.556. The number of amides is 2. The van der Waals surface area contributed by atoms with Gasteiger partial charge < -0.3 is 19.3 Å². The molecule has 130 valence electrons. The molecule has 24 heavy (non-hydrogen) atoms. The van der Waals surface area contributed by atoms with Gasteiger partial charge in [-0.2, -0.15) is 0 Å². The summed E-state index contributed by atoms with van der Waals surface area (Å²) in [4.78, 5) is 28.8. The van der Waals surface area contributed by atoms with Crippen LogP contribution in [0.4, 0.5) is 0 Å². The van der Waals surface area contributed by atoms with Crippen LogP contribution in [0.5, 0.6) is 0 Å². The molecule has 0 aliphatic carbocycles. The molecule has 1 fully saturated rings. The highest BCUT2D eigenvalue weighted by atomic mass is 16.5. The fourth-order valence-corrected chi connectivity index (χ4v) is 3.58. The lowest BCUT2D eigenvalue weighted by Gasteiger charge is -2.31. The highest BCUT2D eigenvalue weighted by Gasteiger charge is 2.36. The Morgan fingerprint density at radius 3 is 2.83 bits per heavy atom. The van der Waals surface area contributed by atoms with Crippen molar-refractivity contribution in [2.75, 3.05) is 40.5 Å². The van der Waals surface area contributed by atoms with Crippen molar-refractivity contribution in [1.29, 1.82) is 0 Å². The molecule has 6 heteroatoms. The number of hydrogen-bond acceptors (Lipinski definition) is 4. The highest BCUT2D eigenvalue weighted by Crippen LogP contribution is 2.22. The predicted octanol–water partition coefficient (Wildman–Crippen LogP) is 0.947. The second-order valence-electron chi connectivity index (χ2n) is 6.38. The third-order valence-corrected chi connectivity index (χ3v) is 4.90. The van der Waals surface area contributed by atoms with E-state index in [1.165, 1.54) is 0 Å². The monoisotopic (exact) mass is 332 g/mol. The van der Waals surface area contributed by atoms with E-state index in [9.17, 15) is 9.59 Å². The van der Waals surface area contributed by atoms with Crippen molar-refractivity contribution in [2.45, 2.75) is 25.0 Å². The van der Waals surface area contributed by atoms with Crippen molar-refractivity contribution < 1.29 is 19.1 Å². The smallest absolute Gasteiger partial charge is 0.254 e. The number of nitrogens with zero attached hydrogens (tertiary/aromatic N) is 2. The van der Waals surface area contributed by atoms with Gasteiger partial charge in [-0.3, -0.25) is 9.59 Å². The molecule has 2 aliphatic rings. The summed E-state index contributed by atoms with van der Waals surface area (Å²) in [5, 5.41) is 0. The Hall–Kier alpha value is -1.92. The van der Waals surface area contributed by atoms with Crippen molar-refractivity contribution in [3.63, 3.8) is 0 Å². The van der Waals surface area contributed by atoms with Gasteiger partial charge in [-0.05, 0) is 24.5 Å². The summed E-state index contributed by atoms with van der Waals surface area (Å²) < 4.78 is 10.6. The number of fused-ring (bicyclic) bond motifs is 1. The standard InChI is InChI=1S/C18H24N2O4/c1-23-12-14-9-15(24-2)10-20(14)17(21)11-19-8-7-13-5-3-4-6-16(13)18(19)22/h3-6,14-15H,7-12H2,1-2H3/t14-,15-/m0/s1. The molecule has 1 aromatic rings. The van der Waals surface area contributed by atoms with Crippen LogP contribution in [0.3, 0.4) is 0 Å². The first-order valence-electron chi connectivity index (χ1n) is 8.32. The molecular weight excluding hydrogens is 308 g/mol. The summed E-state index contributed by atoms with van der Waals surface area (Å²) in [5.74, 6) is -0.0969. The van der Waals surface area contributed by atoms with E-state index in [1.807, 2.05) is 24.3 Å². The van der Waals surface area contributed by atoms with Gasteiger partial charge in [0.15, 0.2) is 0 Å². The first-order chi connectivity index (χ1) is 11.6. The number of carbonyl (C=O) groups is 2. The number of methoxy groups -OCH3 is 2. The van der Waals surface area contributed by atoms with Crippen molar-refractivity contribution >= 4 is 11.8 Å². The van der Waals surface area contributed by atoms with E-state index in [0.29, 0.717) is 25.3 Å². The van der Waals surface area contributed by atoms with Gasteiger partial charge in [0.25, 0.3) is 5.91 Å². The van der Waals surface area contributed by atoms with Gasteiger partial charge in [0.2, 0.25) is 5.91 Å². The molecule has 3 rings (SSSR count). The van der Waals surface area contributed by atoms with Crippen molar-refractivity contribution in [3.8, 4) is 0 Å². The van der Waals surface area contributed by atoms with Crippen LogP contribution in [0.25, 0.3) is 0 Å². The minimum absolute atomic E-state index is 0.0135. The lowest BCUT2D eigenvalue weighted by atomic mass is 9.99. The lowest BCUT2D eigenvalue weighted by Crippen LogP contribution is -2.48. The molecule has 0 spiro atoms. The molecule has 6 nitrogen and oxygen atoms in total. The largest absolute Gasteiger partial charge is 0.383 e. The second kappa shape index (κ2) is 7.32. The van der Waals surface area contributed by atoms with E-state index in [-0.39, 0.29) is 30.5 Å². The Morgan fingerprint density at radius 2 is 2.08 bits per heavy atom. The van der Waals surface area contributed by atoms with Crippen LogP contribution in [0.2, 0.25) is 0 Å². The summed E-state index contributed by atoms with van der Waals surface area (Å²) >= 11 is 0. The zero-order valence-electron chi connectivity index (χ0n) is 14.2. The van der Waals surface area contributed by atoms with Gasteiger partial charge >= 0.3 is 0 Å². The Labute approximate surface area is 142 Å². The number of ether oxygens (including phenoxy) is 2. The van der Waals surface area contributed by atoms with Crippen LogP contribution < -0.4 is 0 Å². The summed E-state index contributed by atoms with van der Waals surface area (Å²) in [5.41, 5.74) is 1.77. The molecule has 0 unspecified atom stereocenters. The van der Waals surface area contributed by atoms with Gasteiger partial charge in [0.05, 0.1) is 18.8 Å². The van der Waals surface area contributed by atoms with E-state index in [0.717, 1.165) is 18.4 Å². The molecule has 0 N–H and O–H groups in total. The maximum Gasteiger partial charge on any atom is 0.254 e. The van der Waals surface area contributed by atoms with Crippen LogP contribution in [-0.2, 0) is 20.7 Å². The Kier molecular flexibility index (Phi) is 5.16. The summed E-state index contributed by atoms with van der Waals surface area (Å²) in [6, 6.07) is 7.63. The number of likely N-dealkylation sites (tertiary alicyclic amines) is 1. The van der Waals surface area contributed by atoms with E-state index in [4.69, 9.17) is 9.47 Å². The van der Waals surface area contributed by atoms with Crippen LogP contribution in [0.15, 0.2) is 24.3 Å². The number of carbonyl (C=O) groups excluding carboxylic acids is 2. The fourth-order valence-electron chi connectivity index (χ4n) is 3.58. The van der Waals surface area contributed by atoms with Crippen LogP contribution in [0, 0.1) is 0 Å². The second-order valence-corrected chi connectivity index (χ2v) is 6.38. The first-order valence-corrected chi connectivity index (χ1v) is 8.32. The molecule has 0 saturated carbocycles. The Balaban J connectivity index is 1.67. The minimum atomic E-state index is -0.0593. The molecule has 0 bridgehead atoms. The van der Waals surface area contributed by atoms with Crippen molar-refractivity contribution in [1.82, 2.24) is 9.80 Å². The molecule has 0 radical (unpaired) electrons. The summed E-state index contributed by atoms with van der Waals surface area (Å²) in [6.07, 6.45) is 1.59. The van der Waals surface area contributed by atoms with Crippen LogP contribution in [0.1, 0.15) is 22.3 Å². The predicted molar refractivity (Wildman–Crippen MR) is 88.8 cm³/mol. The number of benzene rings is 1. The third kappa shape index (κ3) is 3.30. The van der Waals surface area contributed by atoms with Gasteiger partial charge in [-0.1, -0.05) is 18.2 Å². The molecular formula is C18H24N2O4. The number of hydrogen-bond donors (Lipinski definition) is 0. The van der Waals surface area contributed by atoms with Gasteiger partial charge in [0, 0.05) is 32.9 Å². The average molecular weight is 332 g/mol. The van der Waals surface area contributed by atoms with E-state index >= 15 is 0 Å². The molecule has 2 amide bonds. The maximum absolute atomic E-state index is 12.7. The molecule has 2 atom stereocenters. The quantitative estimate of drug-likeness (QED) is 0.805. The Morgan fingerprint density at radius 1 is 1.29 bits per heavy atom. The van der Waals surface area contributed by atoms with Crippen LogP contribution in [-0.4, -0.2) is 74.2 Å². The molecule has 2 aliphatic heterocycles. The first kappa shape index (κ1) is 16.9. The summed E-state index contributed by atoms with van der Waals surface area (Å²) in [6.45, 7) is 1.74. The van der Waals surface area contributed by atoms with E-state index < -0.39 is 0 Å². The van der Waals surface area contributed by atoms with Gasteiger partial charge in [0.1, 0.15) is 6.54 Å². The highest BCUT2D eigenvalue weighted by molar-refractivity contribution is 5.98. The zero-order chi connectivity index (χ0) is 17.1. The van der Waals surface area contributed by atoms with Gasteiger partial charge in [-0.15, -0.1) is 0 Å². The number of rotatable bonds is 5. The van der Waals surface area contributed by atoms with Crippen LogP contribution >= 0.6 is 0 Å². The molecule has 0 aromatic heterocycles. The normalized spacial score (nSPS) is 23.5. The molecule has 1 saturated heterocycles. The van der Waals surface area contributed by atoms with E-state index in [2.05, 4.69) is 0 Å². The summed E-state index contributed by atoms with van der Waals surface area (Å²) in [7, 11) is 3.29. The average Bonchev–Trinajstić information content (AvgIpc) is 3.01. The lowest BCUT2D eigenvalue weighted by molar-refractivity contribution is -0.134. The topological polar surface area (TPSA) is 59.1 Å². The minimum Gasteiger partial charge on any atom is -0.383 e. The molecule has 2 heterocycles. The van der Waals surface area contributed by atoms with Crippen molar-refractivity contribution in [2.24, 2.45) is 0 Å². The Bertz CT molecular complexity index is 619. The maximum atomic E-state index is 12.7. The SMILES string of the molecule is COC[C@@H]1C[C@H](OC)CN1C(=O)CN1CCc2ccccc2C1=O. The van der Waals surface area contributed by atoms with E-state index in [1.54, 1.807) is 24.0 Å². The molecule has 1 aromatic carbocycles. The van der Waals surface area contributed by atoms with Crippen molar-refractivity contribution in [3.05, 3.63) is 35.4 Å². The third-order valence-electron chi connectivity index (χ3n) is 4.90. The van der Waals surface area contributed by atoms with Gasteiger partial charge in [-0.25, -0.2) is 0 Å².